The summed E-state index contributed by atoms with van der Waals surface area (Å²) in [6.45, 7) is 0.879. The number of fused-ring (bicyclic) bond motifs is 1. The van der Waals surface area contributed by atoms with E-state index in [1.807, 2.05) is 65.2 Å². The molecule has 0 radical (unpaired) electrons. The third-order valence-corrected chi connectivity index (χ3v) is 7.95. The van der Waals surface area contributed by atoms with Gasteiger partial charge in [-0.2, -0.15) is 9.97 Å². The number of methoxy groups -OCH3 is 2. The van der Waals surface area contributed by atoms with Gasteiger partial charge in [0.15, 0.2) is 11.2 Å². The van der Waals surface area contributed by atoms with Gasteiger partial charge < -0.3 is 33.7 Å². The monoisotopic (exact) mass is 626 g/mol. The number of anilines is 1. The number of hydrogen-bond donors (Lipinski definition) is 2. The summed E-state index contributed by atoms with van der Waals surface area (Å²) in [4.78, 5) is 25.4. The fraction of sp³-hybridized carbons (Fsp3) is 0.400. The maximum atomic E-state index is 12.5. The average Bonchev–Trinajstić information content (AvgIpc) is 3.64. The number of carbonyl (C=O) groups is 1. The Balaban J connectivity index is 0.00000442. The van der Waals surface area contributed by atoms with Gasteiger partial charge in [-0.1, -0.05) is 56.0 Å². The van der Waals surface area contributed by atoms with Gasteiger partial charge in [0, 0.05) is 19.6 Å². The minimum Gasteiger partial charge on any atom is -0.479 e. The van der Waals surface area contributed by atoms with Crippen LogP contribution in [-0.2, 0) is 30.1 Å². The Morgan fingerprint density at radius 2 is 1.86 bits per heavy atom. The molecule has 2 aromatic heterocycles. The predicted octanol–water partition coefficient (Wildman–Crippen LogP) is 4.65. The van der Waals surface area contributed by atoms with E-state index in [4.69, 9.17) is 33.7 Å². The van der Waals surface area contributed by atoms with Gasteiger partial charge in [-0.15, -0.1) is 0 Å². The molecule has 3 heterocycles. The molecule has 44 heavy (non-hydrogen) atoms. The maximum Gasteiger partial charge on any atom is 0.320 e. The molecule has 1 saturated heterocycles. The number of hydrogen-bond acceptors (Lipinski definition) is 12. The Kier molecular flexibility index (Phi) is 12.2. The van der Waals surface area contributed by atoms with Crippen LogP contribution >= 0.6 is 8.53 Å². The third kappa shape index (κ3) is 8.61. The van der Waals surface area contributed by atoms with Crippen molar-refractivity contribution in [3.63, 3.8) is 0 Å². The molecule has 0 bridgehead atoms. The zero-order valence-electron chi connectivity index (χ0n) is 24.0. The van der Waals surface area contributed by atoms with Crippen molar-refractivity contribution in [2.24, 2.45) is 5.92 Å². The van der Waals surface area contributed by atoms with Crippen molar-refractivity contribution >= 4 is 31.6 Å². The topological polar surface area (TPSA) is 154 Å². The highest BCUT2D eigenvalue weighted by Crippen LogP contribution is 2.41. The Labute approximate surface area is 258 Å². The van der Waals surface area contributed by atoms with Crippen LogP contribution in [0.25, 0.3) is 11.2 Å². The highest BCUT2D eigenvalue weighted by atomic mass is 31.2. The van der Waals surface area contributed by atoms with Gasteiger partial charge in [0.25, 0.3) is 0 Å². The molecule has 236 valence electrons. The second-order valence-electron chi connectivity index (χ2n) is 9.78. The van der Waals surface area contributed by atoms with Gasteiger partial charge in [0.05, 0.1) is 26.1 Å². The number of rotatable bonds is 15. The number of imidazole rings is 1. The van der Waals surface area contributed by atoms with Crippen molar-refractivity contribution in [2.45, 2.75) is 39.2 Å². The molecule has 1 aliphatic rings. The molecule has 3 N–H and O–H groups in total. The van der Waals surface area contributed by atoms with Crippen LogP contribution in [0.4, 0.5) is 5.95 Å². The molecule has 4 aromatic rings. The molecule has 0 amide bonds. The molecule has 0 spiro atoms. The zero-order valence-corrected chi connectivity index (χ0v) is 24.9. The van der Waals surface area contributed by atoms with Crippen LogP contribution in [0.5, 0.6) is 11.6 Å². The fourth-order valence-electron chi connectivity index (χ4n) is 4.73. The molecular weight excluding hydrogens is 587 g/mol. The summed E-state index contributed by atoms with van der Waals surface area (Å²) >= 11 is 0. The first-order valence-electron chi connectivity index (χ1n) is 13.8. The van der Waals surface area contributed by atoms with E-state index in [9.17, 15) is 4.79 Å². The van der Waals surface area contributed by atoms with Gasteiger partial charge in [0.1, 0.15) is 25.1 Å². The van der Waals surface area contributed by atoms with Crippen LogP contribution in [-0.4, -0.2) is 65.6 Å². The van der Waals surface area contributed by atoms with Crippen LogP contribution in [0.2, 0.25) is 0 Å². The first-order valence-corrected chi connectivity index (χ1v) is 15.0. The summed E-state index contributed by atoms with van der Waals surface area (Å²) in [5.41, 5.74) is 7.85. The molecular formula is C30H39N6O7P. The lowest BCUT2D eigenvalue weighted by Gasteiger charge is -2.21. The van der Waals surface area contributed by atoms with Crippen molar-refractivity contribution < 1.29 is 32.8 Å². The molecule has 1 fully saturated rings. The maximum absolute atomic E-state index is 12.5. The lowest BCUT2D eigenvalue weighted by molar-refractivity contribution is -0.143. The van der Waals surface area contributed by atoms with E-state index in [0.717, 1.165) is 12.0 Å². The molecule has 0 saturated carbocycles. The number of nitrogens with one attached hydrogen (secondary N) is 1. The average molecular weight is 627 g/mol. The summed E-state index contributed by atoms with van der Waals surface area (Å²) in [6, 6.07) is 18.8. The second kappa shape index (κ2) is 16.3. The molecule has 1 aliphatic heterocycles. The number of ether oxygens (including phenoxy) is 4. The van der Waals surface area contributed by atoms with Gasteiger partial charge >= 0.3 is 14.5 Å². The van der Waals surface area contributed by atoms with E-state index < -0.39 is 20.7 Å². The SMILES string of the molecule is C.COCC[C@H]1CC(COP(NCC(=O)OCc2ccccc2)Oc2ccccc2)OC1n1cnc2c(OC)nc(N)nc21. The molecule has 2 aromatic carbocycles. The smallest absolute Gasteiger partial charge is 0.320 e. The van der Waals surface area contributed by atoms with E-state index in [-0.39, 0.29) is 45.2 Å². The van der Waals surface area contributed by atoms with Gasteiger partial charge in [-0.05, 0) is 30.5 Å². The van der Waals surface area contributed by atoms with Crippen LogP contribution in [0, 0.1) is 5.92 Å². The normalized spacial score (nSPS) is 18.5. The Hall–Kier alpha value is -3.87. The van der Waals surface area contributed by atoms with Crippen molar-refractivity contribution in [3.05, 3.63) is 72.6 Å². The summed E-state index contributed by atoms with van der Waals surface area (Å²) in [5.74, 6) is 0.643. The molecule has 0 aliphatic carbocycles. The lowest BCUT2D eigenvalue weighted by Crippen LogP contribution is -2.25. The number of nitrogens with zero attached hydrogens (tertiary/aromatic N) is 4. The van der Waals surface area contributed by atoms with E-state index in [0.29, 0.717) is 35.8 Å². The minimum absolute atomic E-state index is 0. The van der Waals surface area contributed by atoms with E-state index in [2.05, 4.69) is 20.0 Å². The quantitative estimate of drug-likeness (QED) is 0.139. The van der Waals surface area contributed by atoms with E-state index in [1.165, 1.54) is 7.11 Å². The van der Waals surface area contributed by atoms with Gasteiger partial charge in [-0.25, -0.2) is 10.1 Å². The number of aromatic nitrogens is 4. The number of carbonyl (C=O) groups excluding carboxylic acids is 1. The molecule has 14 heteroatoms. The first-order chi connectivity index (χ1) is 21.0. The highest BCUT2D eigenvalue weighted by Gasteiger charge is 2.38. The Morgan fingerprint density at radius 3 is 2.59 bits per heavy atom. The van der Waals surface area contributed by atoms with Gasteiger partial charge in [-0.3, -0.25) is 9.36 Å². The van der Waals surface area contributed by atoms with E-state index in [1.54, 1.807) is 13.4 Å². The van der Waals surface area contributed by atoms with Crippen LogP contribution in [0.3, 0.4) is 0 Å². The molecule has 5 rings (SSSR count). The summed E-state index contributed by atoms with van der Waals surface area (Å²) < 4.78 is 36.7. The van der Waals surface area contributed by atoms with Crippen molar-refractivity contribution in [1.29, 1.82) is 0 Å². The number of nitrogens with two attached hydrogens (primary N) is 1. The largest absolute Gasteiger partial charge is 0.479 e. The predicted molar refractivity (Wildman–Crippen MR) is 166 cm³/mol. The Morgan fingerprint density at radius 1 is 1.11 bits per heavy atom. The molecule has 13 nitrogen and oxygen atoms in total. The Bertz CT molecular complexity index is 1460. The molecule has 4 atom stereocenters. The number of para-hydroxylation sites is 1. The van der Waals surface area contributed by atoms with Crippen LogP contribution < -0.4 is 20.1 Å². The van der Waals surface area contributed by atoms with Crippen molar-refractivity contribution in [2.75, 3.05) is 39.7 Å². The summed E-state index contributed by atoms with van der Waals surface area (Å²) in [5, 5.41) is 3.07. The van der Waals surface area contributed by atoms with Crippen molar-refractivity contribution in [3.8, 4) is 11.6 Å². The number of nitrogen functional groups attached to an aromatic ring is 1. The van der Waals surface area contributed by atoms with Crippen LogP contribution in [0.1, 0.15) is 32.1 Å². The third-order valence-electron chi connectivity index (χ3n) is 6.77. The zero-order chi connectivity index (χ0) is 30.0. The standard InChI is InChI=1S/C29H35N6O7P.CH4/c1-37-14-13-21-15-23(41-28(21)35-19-31-25-26(35)33-29(30)34-27(25)38-2)18-40-43(42-22-11-7-4-8-12-22)32-16-24(36)39-17-20-9-5-3-6-10-20;/h3-12,19,21,23,28,32H,13-18H2,1-2H3,(H2,30,33,34);1H4/t21-,23?,28?,43?;/m0./s1. The fourth-order valence-corrected chi connectivity index (χ4v) is 5.81. The second-order valence-corrected chi connectivity index (χ2v) is 11.1. The number of benzene rings is 2. The number of esters is 1. The van der Waals surface area contributed by atoms with E-state index >= 15 is 0 Å². The first kappa shape index (κ1) is 33.0. The lowest BCUT2D eigenvalue weighted by atomic mass is 10.00. The molecule has 3 unspecified atom stereocenters. The summed E-state index contributed by atoms with van der Waals surface area (Å²) in [6.07, 6.45) is 2.43. The summed E-state index contributed by atoms with van der Waals surface area (Å²) in [7, 11) is 1.47. The van der Waals surface area contributed by atoms with Gasteiger partial charge in [0.2, 0.25) is 11.8 Å². The van der Waals surface area contributed by atoms with Crippen LogP contribution in [0.15, 0.2) is 67.0 Å². The highest BCUT2D eigenvalue weighted by molar-refractivity contribution is 7.45. The minimum atomic E-state index is -1.70. The van der Waals surface area contributed by atoms with Crippen molar-refractivity contribution in [1.82, 2.24) is 24.6 Å².